The van der Waals surface area contributed by atoms with Crippen LogP contribution < -0.4 is 5.73 Å². The van der Waals surface area contributed by atoms with Gasteiger partial charge in [0.25, 0.3) is 0 Å². The zero-order valence-corrected chi connectivity index (χ0v) is 15.9. The molecule has 0 bridgehead atoms. The molecular formula is C20H26N2O5. The Morgan fingerprint density at radius 1 is 1.33 bits per heavy atom. The van der Waals surface area contributed by atoms with Crippen molar-refractivity contribution in [3.63, 3.8) is 0 Å². The van der Waals surface area contributed by atoms with E-state index in [1.165, 1.54) is 0 Å². The highest BCUT2D eigenvalue weighted by molar-refractivity contribution is 5.98. The summed E-state index contributed by atoms with van der Waals surface area (Å²) in [7, 11) is 1.55. The molecule has 1 aromatic carbocycles. The van der Waals surface area contributed by atoms with E-state index >= 15 is 0 Å². The fourth-order valence-corrected chi connectivity index (χ4v) is 4.10. The van der Waals surface area contributed by atoms with Gasteiger partial charge in [-0.2, -0.15) is 0 Å². The maximum atomic E-state index is 13.5. The van der Waals surface area contributed by atoms with E-state index in [0.29, 0.717) is 24.1 Å². The summed E-state index contributed by atoms with van der Waals surface area (Å²) in [6.07, 6.45) is -0.224. The van der Waals surface area contributed by atoms with Gasteiger partial charge in [0.15, 0.2) is 5.78 Å². The summed E-state index contributed by atoms with van der Waals surface area (Å²) in [5.41, 5.74) is 6.47. The van der Waals surface area contributed by atoms with Crippen LogP contribution in [0, 0.1) is 5.92 Å². The number of Topliss-reactive ketones (excluding diaryl/α,β-unsaturated/α-hetero) is 1. The molecule has 3 rings (SSSR count). The molecule has 7 heteroatoms. The van der Waals surface area contributed by atoms with Gasteiger partial charge < -0.3 is 20.1 Å². The molecule has 2 aliphatic rings. The van der Waals surface area contributed by atoms with Crippen LogP contribution in [0.1, 0.15) is 42.1 Å². The van der Waals surface area contributed by atoms with Gasteiger partial charge in [-0.05, 0) is 24.0 Å². The highest BCUT2D eigenvalue weighted by Crippen LogP contribution is 2.35. The third kappa shape index (κ3) is 3.61. The summed E-state index contributed by atoms with van der Waals surface area (Å²) in [6, 6.07) is 6.28. The van der Waals surface area contributed by atoms with E-state index in [4.69, 9.17) is 15.2 Å². The van der Waals surface area contributed by atoms with Gasteiger partial charge in [-0.25, -0.2) is 0 Å². The zero-order chi connectivity index (χ0) is 19.7. The number of nitrogens with zero attached hydrogens (tertiary/aromatic N) is 1. The van der Waals surface area contributed by atoms with Crippen molar-refractivity contribution in [2.75, 3.05) is 20.3 Å². The highest BCUT2D eigenvalue weighted by Gasteiger charge is 2.53. The number of hydrogen-bond donors (Lipinski definition) is 1. The van der Waals surface area contributed by atoms with Crippen LogP contribution in [-0.4, -0.2) is 61.0 Å². The Hall–Kier alpha value is -2.25. The summed E-state index contributed by atoms with van der Waals surface area (Å²) < 4.78 is 11.0. The Kier molecular flexibility index (Phi) is 5.62. The molecule has 27 heavy (non-hydrogen) atoms. The molecule has 146 valence electrons. The molecule has 0 aromatic heterocycles. The van der Waals surface area contributed by atoms with Crippen LogP contribution in [0.5, 0.6) is 0 Å². The summed E-state index contributed by atoms with van der Waals surface area (Å²) >= 11 is 0. The second-order valence-corrected chi connectivity index (χ2v) is 7.59. The first-order chi connectivity index (χ1) is 12.8. The lowest BCUT2D eigenvalue weighted by Crippen LogP contribution is -2.44. The lowest BCUT2D eigenvalue weighted by molar-refractivity contribution is -0.138. The smallest absolute Gasteiger partial charge is 0.249 e. The molecule has 0 unspecified atom stereocenters. The van der Waals surface area contributed by atoms with Crippen LogP contribution in [0.25, 0.3) is 0 Å². The van der Waals surface area contributed by atoms with Gasteiger partial charge in [0, 0.05) is 12.7 Å². The minimum Gasteiger partial charge on any atom is -0.377 e. The molecule has 2 N–H and O–H groups in total. The van der Waals surface area contributed by atoms with Crippen molar-refractivity contribution in [2.24, 2.45) is 11.7 Å². The number of carbonyl (C=O) groups excluding carboxylic acids is 3. The minimum atomic E-state index is -0.627. The molecule has 2 aliphatic heterocycles. The number of ether oxygens (including phenoxy) is 2. The number of ketones is 1. The van der Waals surface area contributed by atoms with Crippen LogP contribution in [0.4, 0.5) is 0 Å². The van der Waals surface area contributed by atoms with Crippen LogP contribution in [-0.2, 0) is 19.1 Å². The number of likely N-dealkylation sites (tertiary alicyclic amines) is 1. The Balaban J connectivity index is 1.98. The molecule has 7 nitrogen and oxygen atoms in total. The van der Waals surface area contributed by atoms with E-state index in [2.05, 4.69) is 0 Å². The minimum absolute atomic E-state index is 0.00824. The van der Waals surface area contributed by atoms with E-state index in [0.717, 1.165) is 0 Å². The van der Waals surface area contributed by atoms with E-state index < -0.39 is 24.0 Å². The van der Waals surface area contributed by atoms with Crippen molar-refractivity contribution in [2.45, 2.75) is 44.4 Å². The monoisotopic (exact) mass is 374 g/mol. The largest absolute Gasteiger partial charge is 0.377 e. The predicted molar refractivity (Wildman–Crippen MR) is 98.2 cm³/mol. The number of nitrogens with two attached hydrogens (primary N) is 1. The van der Waals surface area contributed by atoms with Crippen molar-refractivity contribution in [3.8, 4) is 0 Å². The van der Waals surface area contributed by atoms with Crippen molar-refractivity contribution in [1.29, 1.82) is 0 Å². The Bertz CT molecular complexity index is 748. The van der Waals surface area contributed by atoms with Crippen molar-refractivity contribution >= 4 is 17.6 Å². The maximum Gasteiger partial charge on any atom is 0.249 e. The summed E-state index contributed by atoms with van der Waals surface area (Å²) in [5.74, 6) is -1.21. The molecule has 2 amide bonds. The van der Waals surface area contributed by atoms with Gasteiger partial charge in [-0.3, -0.25) is 14.4 Å². The first-order valence-corrected chi connectivity index (χ1v) is 9.21. The van der Waals surface area contributed by atoms with Crippen molar-refractivity contribution in [3.05, 3.63) is 35.4 Å². The average molecular weight is 374 g/mol. The predicted octanol–water partition coefficient (Wildman–Crippen LogP) is 1.11. The number of amides is 2. The normalized spacial score (nSPS) is 25.7. The topological polar surface area (TPSA) is 98.9 Å². The van der Waals surface area contributed by atoms with E-state index in [-0.39, 0.29) is 30.3 Å². The van der Waals surface area contributed by atoms with Crippen molar-refractivity contribution < 1.29 is 23.9 Å². The Morgan fingerprint density at radius 2 is 2.04 bits per heavy atom. The summed E-state index contributed by atoms with van der Waals surface area (Å²) in [4.78, 5) is 39.3. The SMILES string of the molecule is CO[C@@H]1CN(C(=O)[C@@H](CC(C)C)c2ccccc2C(N)=O)[C@@H]2C(=O)CO[C@@H]21. The van der Waals surface area contributed by atoms with Crippen molar-refractivity contribution in [1.82, 2.24) is 4.90 Å². The van der Waals surface area contributed by atoms with Gasteiger partial charge in [-0.1, -0.05) is 32.0 Å². The van der Waals surface area contributed by atoms with E-state index in [1.807, 2.05) is 13.8 Å². The van der Waals surface area contributed by atoms with Gasteiger partial charge in [0.05, 0.1) is 12.5 Å². The first-order valence-electron chi connectivity index (χ1n) is 9.21. The lowest BCUT2D eigenvalue weighted by atomic mass is 9.86. The van der Waals surface area contributed by atoms with Gasteiger partial charge in [0.2, 0.25) is 11.8 Å². The van der Waals surface area contributed by atoms with Crippen LogP contribution >= 0.6 is 0 Å². The molecule has 0 spiro atoms. The number of methoxy groups -OCH3 is 1. The lowest BCUT2D eigenvalue weighted by Gasteiger charge is -2.28. The number of fused-ring (bicyclic) bond motifs is 1. The van der Waals surface area contributed by atoms with E-state index in [9.17, 15) is 14.4 Å². The standard InChI is InChI=1S/C20H26N2O5/c1-11(2)8-14(12-6-4-5-7-13(12)19(21)24)20(25)22-9-16(26-3)18-17(22)15(23)10-27-18/h4-7,11,14,16-18H,8-10H2,1-3H3,(H2,21,24)/t14-,16+,17+,18+/m0/s1. The third-order valence-electron chi connectivity index (χ3n) is 5.33. The summed E-state index contributed by atoms with van der Waals surface area (Å²) in [6.45, 7) is 4.32. The molecule has 2 fully saturated rings. The van der Waals surface area contributed by atoms with Gasteiger partial charge in [-0.15, -0.1) is 0 Å². The quantitative estimate of drug-likeness (QED) is 0.804. The number of primary amides is 1. The Labute approximate surface area is 158 Å². The van der Waals surface area contributed by atoms with E-state index in [1.54, 1.807) is 36.3 Å². The number of rotatable bonds is 6. The molecule has 0 aliphatic carbocycles. The molecule has 0 saturated carbocycles. The molecular weight excluding hydrogens is 348 g/mol. The number of benzene rings is 1. The fourth-order valence-electron chi connectivity index (χ4n) is 4.10. The van der Waals surface area contributed by atoms with Crippen LogP contribution in [0.15, 0.2) is 24.3 Å². The second kappa shape index (κ2) is 7.78. The Morgan fingerprint density at radius 3 is 2.67 bits per heavy atom. The summed E-state index contributed by atoms with van der Waals surface area (Å²) in [5, 5.41) is 0. The second-order valence-electron chi connectivity index (χ2n) is 7.59. The molecule has 4 atom stereocenters. The first kappa shape index (κ1) is 19.5. The average Bonchev–Trinajstić information content (AvgIpc) is 3.19. The third-order valence-corrected chi connectivity index (χ3v) is 5.33. The fraction of sp³-hybridized carbons (Fsp3) is 0.550. The van der Waals surface area contributed by atoms with Crippen LogP contribution in [0.3, 0.4) is 0 Å². The molecule has 2 saturated heterocycles. The molecule has 1 aromatic rings. The maximum absolute atomic E-state index is 13.5. The number of carbonyl (C=O) groups is 3. The molecule has 0 radical (unpaired) electrons. The zero-order valence-electron chi connectivity index (χ0n) is 15.9. The molecule has 2 heterocycles. The van der Waals surface area contributed by atoms with Crippen LogP contribution in [0.2, 0.25) is 0 Å². The van der Waals surface area contributed by atoms with Gasteiger partial charge >= 0.3 is 0 Å². The van der Waals surface area contributed by atoms with Gasteiger partial charge in [0.1, 0.15) is 24.9 Å². The number of hydrogen-bond acceptors (Lipinski definition) is 5. The highest BCUT2D eigenvalue weighted by atomic mass is 16.5.